The maximum atomic E-state index is 13.0. The molecule has 1 aromatic rings. The molecule has 0 radical (unpaired) electrons. The van der Waals surface area contributed by atoms with Crippen LogP contribution in [0, 0.1) is 29.5 Å². The van der Waals surface area contributed by atoms with E-state index in [-0.39, 0.29) is 11.9 Å². The van der Waals surface area contributed by atoms with Crippen LogP contribution in [-0.2, 0) is 0 Å². The summed E-state index contributed by atoms with van der Waals surface area (Å²) in [7, 11) is 0. The van der Waals surface area contributed by atoms with Gasteiger partial charge in [0, 0.05) is 12.1 Å². The average Bonchev–Trinajstić information content (AvgIpc) is 2.42. The number of pyridine rings is 1. The Hall–Kier alpha value is -0.960. The van der Waals surface area contributed by atoms with E-state index in [0.29, 0.717) is 6.04 Å². The minimum absolute atomic E-state index is 0.220. The van der Waals surface area contributed by atoms with Crippen molar-refractivity contribution < 1.29 is 4.39 Å². The molecule has 4 aliphatic carbocycles. The zero-order valence-electron chi connectivity index (χ0n) is 12.1. The van der Waals surface area contributed by atoms with Gasteiger partial charge in [0.05, 0.1) is 11.9 Å². The van der Waals surface area contributed by atoms with Gasteiger partial charge in [-0.15, -0.1) is 0 Å². The predicted molar refractivity (Wildman–Crippen MR) is 76.6 cm³/mol. The maximum Gasteiger partial charge on any atom is 0.141 e. The zero-order valence-corrected chi connectivity index (χ0v) is 12.1. The van der Waals surface area contributed by atoms with Gasteiger partial charge in [0.1, 0.15) is 5.82 Å². The van der Waals surface area contributed by atoms with Crippen molar-refractivity contribution in [1.29, 1.82) is 0 Å². The second-order valence-corrected chi connectivity index (χ2v) is 7.25. The molecule has 0 amide bonds. The van der Waals surface area contributed by atoms with Crippen molar-refractivity contribution in [3.05, 3.63) is 29.8 Å². The predicted octanol–water partition coefficient (Wildman–Crippen LogP) is 3.70. The summed E-state index contributed by atoms with van der Waals surface area (Å²) in [4.78, 5) is 4.22. The number of hydrogen-bond donors (Lipinski definition) is 1. The standard InChI is InChI=1S/C17H23FN2/c1-10(16-3-2-15(18)9-19-16)20-17-13-5-11-4-12(7-13)8-14(17)6-11/h2-3,9-14,17,20H,4-8H2,1H3. The first-order valence-corrected chi connectivity index (χ1v) is 8.06. The van der Waals surface area contributed by atoms with E-state index >= 15 is 0 Å². The number of hydrogen-bond acceptors (Lipinski definition) is 2. The molecule has 4 fully saturated rings. The lowest BCUT2D eigenvalue weighted by Gasteiger charge is -2.55. The van der Waals surface area contributed by atoms with Crippen molar-refractivity contribution in [2.24, 2.45) is 23.7 Å². The molecule has 1 atom stereocenters. The highest BCUT2D eigenvalue weighted by Crippen LogP contribution is 2.54. The molecule has 1 unspecified atom stereocenters. The van der Waals surface area contributed by atoms with Gasteiger partial charge in [-0.1, -0.05) is 0 Å². The lowest BCUT2D eigenvalue weighted by Crippen LogP contribution is -2.54. The van der Waals surface area contributed by atoms with Crippen LogP contribution in [0.1, 0.15) is 50.8 Å². The van der Waals surface area contributed by atoms with Crippen molar-refractivity contribution in [2.75, 3.05) is 0 Å². The minimum Gasteiger partial charge on any atom is -0.306 e. The molecular weight excluding hydrogens is 251 g/mol. The maximum absolute atomic E-state index is 13.0. The topological polar surface area (TPSA) is 24.9 Å². The highest BCUT2D eigenvalue weighted by molar-refractivity contribution is 5.11. The van der Waals surface area contributed by atoms with Crippen LogP contribution in [-0.4, -0.2) is 11.0 Å². The number of aromatic nitrogens is 1. The first-order chi connectivity index (χ1) is 9.69. The van der Waals surface area contributed by atoms with Crippen LogP contribution >= 0.6 is 0 Å². The van der Waals surface area contributed by atoms with E-state index < -0.39 is 0 Å². The number of rotatable bonds is 3. The van der Waals surface area contributed by atoms with Crippen LogP contribution in [0.15, 0.2) is 18.3 Å². The summed E-state index contributed by atoms with van der Waals surface area (Å²) in [5, 5.41) is 3.81. The normalized spacial score (nSPS) is 40.0. The monoisotopic (exact) mass is 274 g/mol. The molecule has 20 heavy (non-hydrogen) atoms. The number of nitrogens with one attached hydrogen (secondary N) is 1. The molecule has 3 heteroatoms. The number of nitrogens with zero attached hydrogens (tertiary/aromatic N) is 1. The van der Waals surface area contributed by atoms with Gasteiger partial charge in [-0.25, -0.2) is 4.39 Å². The van der Waals surface area contributed by atoms with Crippen LogP contribution in [0.4, 0.5) is 4.39 Å². The molecule has 4 saturated carbocycles. The molecule has 0 saturated heterocycles. The van der Waals surface area contributed by atoms with Crippen LogP contribution in [0.2, 0.25) is 0 Å². The van der Waals surface area contributed by atoms with E-state index in [1.165, 1.54) is 44.4 Å². The van der Waals surface area contributed by atoms with Gasteiger partial charge in [-0.3, -0.25) is 4.98 Å². The Kier molecular flexibility index (Phi) is 3.06. The lowest BCUT2D eigenvalue weighted by atomic mass is 9.54. The van der Waals surface area contributed by atoms with Crippen molar-refractivity contribution >= 4 is 0 Å². The molecule has 108 valence electrons. The first-order valence-electron chi connectivity index (χ1n) is 8.06. The minimum atomic E-state index is -0.254. The average molecular weight is 274 g/mol. The van der Waals surface area contributed by atoms with Gasteiger partial charge in [0.15, 0.2) is 0 Å². The fraction of sp³-hybridized carbons (Fsp3) is 0.706. The fourth-order valence-electron chi connectivity index (χ4n) is 5.21. The molecule has 5 rings (SSSR count). The van der Waals surface area contributed by atoms with Gasteiger partial charge in [0.25, 0.3) is 0 Å². The van der Waals surface area contributed by atoms with E-state index in [9.17, 15) is 4.39 Å². The Balaban J connectivity index is 1.47. The third-order valence-electron chi connectivity index (χ3n) is 5.86. The zero-order chi connectivity index (χ0) is 13.7. The van der Waals surface area contributed by atoms with Gasteiger partial charge in [-0.2, -0.15) is 0 Å². The van der Waals surface area contributed by atoms with Gasteiger partial charge < -0.3 is 5.32 Å². The highest BCUT2D eigenvalue weighted by atomic mass is 19.1. The van der Waals surface area contributed by atoms with Crippen LogP contribution in [0.25, 0.3) is 0 Å². The molecule has 4 aliphatic rings. The second kappa shape index (κ2) is 4.80. The first kappa shape index (κ1) is 12.8. The summed E-state index contributed by atoms with van der Waals surface area (Å²) in [6, 6.07) is 4.20. The summed E-state index contributed by atoms with van der Waals surface area (Å²) in [5.74, 6) is 3.50. The SMILES string of the molecule is CC(NC1C2CC3CC(C2)CC1C3)c1ccc(F)cn1. The summed E-state index contributed by atoms with van der Waals surface area (Å²) >= 11 is 0. The third kappa shape index (κ3) is 2.16. The second-order valence-electron chi connectivity index (χ2n) is 7.25. The van der Waals surface area contributed by atoms with Crippen LogP contribution in [0.3, 0.4) is 0 Å². The molecule has 2 nitrogen and oxygen atoms in total. The fourth-order valence-corrected chi connectivity index (χ4v) is 5.21. The molecular formula is C17H23FN2. The molecule has 0 spiro atoms. The molecule has 1 heterocycles. The van der Waals surface area contributed by atoms with E-state index in [2.05, 4.69) is 17.2 Å². The quantitative estimate of drug-likeness (QED) is 0.909. The molecule has 1 N–H and O–H groups in total. The molecule has 4 bridgehead atoms. The van der Waals surface area contributed by atoms with E-state index in [1.54, 1.807) is 0 Å². The van der Waals surface area contributed by atoms with E-state index in [1.807, 2.05) is 6.07 Å². The Labute approximate surface area is 120 Å². The van der Waals surface area contributed by atoms with Crippen LogP contribution in [0.5, 0.6) is 0 Å². The molecule has 0 aromatic carbocycles. The van der Waals surface area contributed by atoms with Crippen molar-refractivity contribution in [2.45, 2.75) is 51.1 Å². The van der Waals surface area contributed by atoms with Crippen molar-refractivity contribution in [1.82, 2.24) is 10.3 Å². The molecule has 0 aliphatic heterocycles. The van der Waals surface area contributed by atoms with Gasteiger partial charge in [0.2, 0.25) is 0 Å². The molecule has 1 aromatic heterocycles. The number of halogens is 1. The summed E-state index contributed by atoms with van der Waals surface area (Å²) < 4.78 is 13.0. The van der Waals surface area contributed by atoms with E-state index in [4.69, 9.17) is 0 Å². The third-order valence-corrected chi connectivity index (χ3v) is 5.86. The van der Waals surface area contributed by atoms with E-state index in [0.717, 1.165) is 29.4 Å². The van der Waals surface area contributed by atoms with Crippen LogP contribution < -0.4 is 5.32 Å². The smallest absolute Gasteiger partial charge is 0.141 e. The van der Waals surface area contributed by atoms with Gasteiger partial charge in [-0.05, 0) is 74.8 Å². The Morgan fingerprint density at radius 3 is 2.30 bits per heavy atom. The summed E-state index contributed by atoms with van der Waals surface area (Å²) in [6.45, 7) is 2.16. The Morgan fingerprint density at radius 2 is 1.75 bits per heavy atom. The highest BCUT2D eigenvalue weighted by Gasteiger charge is 2.48. The van der Waals surface area contributed by atoms with Crippen molar-refractivity contribution in [3.8, 4) is 0 Å². The van der Waals surface area contributed by atoms with Crippen molar-refractivity contribution in [3.63, 3.8) is 0 Å². The Bertz CT molecular complexity index is 456. The Morgan fingerprint density at radius 1 is 1.10 bits per heavy atom. The summed E-state index contributed by atoms with van der Waals surface area (Å²) in [6.07, 6.45) is 8.52. The largest absolute Gasteiger partial charge is 0.306 e. The summed E-state index contributed by atoms with van der Waals surface area (Å²) in [5.41, 5.74) is 0.959. The lowest BCUT2D eigenvalue weighted by molar-refractivity contribution is -0.0172. The van der Waals surface area contributed by atoms with Gasteiger partial charge >= 0.3 is 0 Å².